The van der Waals surface area contributed by atoms with Crippen LogP contribution in [0.1, 0.15) is 34.2 Å². The van der Waals surface area contributed by atoms with Gasteiger partial charge >= 0.3 is 0 Å². The van der Waals surface area contributed by atoms with Gasteiger partial charge in [-0.1, -0.05) is 0 Å². The predicted molar refractivity (Wildman–Crippen MR) is 93.9 cm³/mol. The van der Waals surface area contributed by atoms with Gasteiger partial charge in [0.15, 0.2) is 0 Å². The zero-order chi connectivity index (χ0) is 18.7. The number of aryl methyl sites for hydroxylation is 1. The van der Waals surface area contributed by atoms with Gasteiger partial charge in [-0.3, -0.25) is 14.6 Å². The summed E-state index contributed by atoms with van der Waals surface area (Å²) in [5.74, 6) is 0.0282. The lowest BCUT2D eigenvalue weighted by Crippen LogP contribution is -2.34. The van der Waals surface area contributed by atoms with Crippen LogP contribution in [0.5, 0.6) is 0 Å². The van der Waals surface area contributed by atoms with E-state index in [9.17, 15) is 14.0 Å². The molecule has 2 aromatic heterocycles. The van der Waals surface area contributed by atoms with Crippen LogP contribution >= 0.6 is 0 Å². The zero-order valence-corrected chi connectivity index (χ0v) is 14.7. The lowest BCUT2D eigenvalue weighted by atomic mass is 10.2. The quantitative estimate of drug-likeness (QED) is 0.820. The number of anilines is 1. The normalized spacial score (nSPS) is 12.9. The van der Waals surface area contributed by atoms with Crippen molar-refractivity contribution in [1.29, 1.82) is 0 Å². The van der Waals surface area contributed by atoms with Crippen molar-refractivity contribution in [1.82, 2.24) is 20.2 Å². The molecule has 2 aromatic rings. The molecule has 1 aliphatic rings. The molecule has 26 heavy (non-hydrogen) atoms. The van der Waals surface area contributed by atoms with E-state index in [-0.39, 0.29) is 24.2 Å². The SMILES string of the molecule is CC(=O)NCCN1Cc2nc(NCc3cnc(C)cc3F)ccc2C1=O. The Morgan fingerprint density at radius 3 is 2.92 bits per heavy atom. The number of amides is 2. The van der Waals surface area contributed by atoms with E-state index in [1.807, 2.05) is 0 Å². The van der Waals surface area contributed by atoms with Gasteiger partial charge < -0.3 is 15.5 Å². The van der Waals surface area contributed by atoms with Crippen LogP contribution in [0.25, 0.3) is 0 Å². The van der Waals surface area contributed by atoms with E-state index in [0.717, 1.165) is 0 Å². The third-order valence-electron chi connectivity index (χ3n) is 4.11. The Balaban J connectivity index is 1.63. The second kappa shape index (κ2) is 7.47. The largest absolute Gasteiger partial charge is 0.366 e. The third kappa shape index (κ3) is 3.96. The van der Waals surface area contributed by atoms with Crippen molar-refractivity contribution in [3.8, 4) is 0 Å². The van der Waals surface area contributed by atoms with Crippen LogP contribution in [0, 0.1) is 12.7 Å². The molecule has 0 spiro atoms. The van der Waals surface area contributed by atoms with Crippen molar-refractivity contribution < 1.29 is 14.0 Å². The Morgan fingerprint density at radius 2 is 2.19 bits per heavy atom. The summed E-state index contributed by atoms with van der Waals surface area (Å²) in [6.45, 7) is 4.65. The lowest BCUT2D eigenvalue weighted by molar-refractivity contribution is -0.119. The summed E-state index contributed by atoms with van der Waals surface area (Å²) in [5, 5.41) is 5.73. The van der Waals surface area contributed by atoms with Crippen LogP contribution in [-0.4, -0.2) is 39.8 Å². The molecule has 3 rings (SSSR count). The van der Waals surface area contributed by atoms with E-state index in [1.165, 1.54) is 19.2 Å². The first-order valence-corrected chi connectivity index (χ1v) is 8.32. The maximum atomic E-state index is 13.9. The van der Waals surface area contributed by atoms with Gasteiger partial charge in [0.2, 0.25) is 5.91 Å². The van der Waals surface area contributed by atoms with E-state index in [1.54, 1.807) is 24.0 Å². The van der Waals surface area contributed by atoms with E-state index < -0.39 is 0 Å². The Hall–Kier alpha value is -3.03. The summed E-state index contributed by atoms with van der Waals surface area (Å²) >= 11 is 0. The minimum absolute atomic E-state index is 0.0989. The summed E-state index contributed by atoms with van der Waals surface area (Å²) in [6.07, 6.45) is 1.50. The van der Waals surface area contributed by atoms with Crippen molar-refractivity contribution in [2.45, 2.75) is 26.9 Å². The predicted octanol–water partition coefficient (Wildman–Crippen LogP) is 1.63. The summed E-state index contributed by atoms with van der Waals surface area (Å²) < 4.78 is 13.9. The summed E-state index contributed by atoms with van der Waals surface area (Å²) in [7, 11) is 0. The summed E-state index contributed by atoms with van der Waals surface area (Å²) in [6, 6.07) is 4.81. The fourth-order valence-electron chi connectivity index (χ4n) is 2.76. The highest BCUT2D eigenvalue weighted by Gasteiger charge is 2.28. The second-order valence-electron chi connectivity index (χ2n) is 6.17. The molecular weight excluding hydrogens is 337 g/mol. The number of hydrogen-bond donors (Lipinski definition) is 2. The maximum absolute atomic E-state index is 13.9. The molecule has 2 amide bonds. The first-order valence-electron chi connectivity index (χ1n) is 8.32. The van der Waals surface area contributed by atoms with Gasteiger partial charge in [-0.2, -0.15) is 0 Å². The molecule has 0 bridgehead atoms. The van der Waals surface area contributed by atoms with Crippen LogP contribution in [0.3, 0.4) is 0 Å². The zero-order valence-electron chi connectivity index (χ0n) is 14.7. The minimum Gasteiger partial charge on any atom is -0.366 e. The molecule has 0 aliphatic carbocycles. The highest BCUT2D eigenvalue weighted by Crippen LogP contribution is 2.22. The van der Waals surface area contributed by atoms with E-state index in [4.69, 9.17) is 0 Å². The minimum atomic E-state index is -0.314. The van der Waals surface area contributed by atoms with Crippen LogP contribution in [0.15, 0.2) is 24.4 Å². The van der Waals surface area contributed by atoms with Crippen molar-refractivity contribution >= 4 is 17.6 Å². The number of rotatable bonds is 6. The standard InChI is InChI=1S/C18H20FN5O2/c1-11-7-15(19)13(8-21-11)9-22-17-4-3-14-16(23-17)10-24(18(14)26)6-5-20-12(2)25/h3-4,7-8H,5-6,9-10H2,1-2H3,(H,20,25)(H,22,23). The van der Waals surface area contributed by atoms with Crippen LogP contribution in [0.2, 0.25) is 0 Å². The average molecular weight is 357 g/mol. The number of nitrogens with one attached hydrogen (secondary N) is 2. The van der Waals surface area contributed by atoms with Gasteiger partial charge in [0.05, 0.1) is 17.8 Å². The third-order valence-corrected chi connectivity index (χ3v) is 4.11. The van der Waals surface area contributed by atoms with Crippen molar-refractivity contribution in [3.63, 3.8) is 0 Å². The highest BCUT2D eigenvalue weighted by molar-refractivity contribution is 5.98. The van der Waals surface area contributed by atoms with Crippen LogP contribution in [0.4, 0.5) is 10.2 Å². The molecule has 1 aliphatic heterocycles. The molecule has 7 nitrogen and oxygen atoms in total. The number of carbonyl (C=O) groups is 2. The Labute approximate surface area is 150 Å². The van der Waals surface area contributed by atoms with Gasteiger partial charge in [0.1, 0.15) is 11.6 Å². The second-order valence-corrected chi connectivity index (χ2v) is 6.17. The van der Waals surface area contributed by atoms with Crippen LogP contribution in [-0.2, 0) is 17.9 Å². The smallest absolute Gasteiger partial charge is 0.256 e. The number of carbonyl (C=O) groups excluding carboxylic acids is 2. The number of fused-ring (bicyclic) bond motifs is 1. The Bertz CT molecular complexity index is 855. The average Bonchev–Trinajstić information content (AvgIpc) is 2.89. The molecule has 136 valence electrons. The van der Waals surface area contributed by atoms with Crippen molar-refractivity contribution in [2.24, 2.45) is 0 Å². The number of hydrogen-bond acceptors (Lipinski definition) is 5. The first-order chi connectivity index (χ1) is 12.4. The van der Waals surface area contributed by atoms with E-state index in [0.29, 0.717) is 48.0 Å². The molecule has 0 aromatic carbocycles. The molecule has 8 heteroatoms. The highest BCUT2D eigenvalue weighted by atomic mass is 19.1. The molecule has 2 N–H and O–H groups in total. The fraction of sp³-hybridized carbons (Fsp3) is 0.333. The molecule has 3 heterocycles. The Kier molecular flexibility index (Phi) is 5.11. The van der Waals surface area contributed by atoms with Gasteiger partial charge in [-0.05, 0) is 25.1 Å². The molecule has 0 atom stereocenters. The molecule has 0 saturated carbocycles. The maximum Gasteiger partial charge on any atom is 0.256 e. The van der Waals surface area contributed by atoms with Crippen molar-refractivity contribution in [3.05, 3.63) is 52.7 Å². The number of halogens is 1. The summed E-state index contributed by atoms with van der Waals surface area (Å²) in [4.78, 5) is 33.4. The molecule has 0 fully saturated rings. The lowest BCUT2D eigenvalue weighted by Gasteiger charge is -2.14. The number of aromatic nitrogens is 2. The summed E-state index contributed by atoms with van der Waals surface area (Å²) in [5.41, 5.74) is 2.30. The number of nitrogens with zero attached hydrogens (tertiary/aromatic N) is 3. The van der Waals surface area contributed by atoms with Gasteiger partial charge in [0, 0.05) is 44.0 Å². The molecule has 0 unspecified atom stereocenters. The fourth-order valence-corrected chi connectivity index (χ4v) is 2.76. The van der Waals surface area contributed by atoms with Gasteiger partial charge in [0.25, 0.3) is 5.91 Å². The monoisotopic (exact) mass is 357 g/mol. The van der Waals surface area contributed by atoms with E-state index >= 15 is 0 Å². The molecule has 0 radical (unpaired) electrons. The van der Waals surface area contributed by atoms with Gasteiger partial charge in [-0.15, -0.1) is 0 Å². The topological polar surface area (TPSA) is 87.2 Å². The number of pyridine rings is 2. The molecular formula is C18H20FN5O2. The Morgan fingerprint density at radius 1 is 1.38 bits per heavy atom. The van der Waals surface area contributed by atoms with Gasteiger partial charge in [-0.25, -0.2) is 9.37 Å². The molecule has 0 saturated heterocycles. The van der Waals surface area contributed by atoms with E-state index in [2.05, 4.69) is 20.6 Å². The first kappa shape index (κ1) is 17.8. The van der Waals surface area contributed by atoms with Crippen molar-refractivity contribution in [2.75, 3.05) is 18.4 Å². The van der Waals surface area contributed by atoms with Crippen LogP contribution < -0.4 is 10.6 Å².